The van der Waals surface area contributed by atoms with Gasteiger partial charge < -0.3 is 15.2 Å². The van der Waals surface area contributed by atoms with Gasteiger partial charge in [0.05, 0.1) is 5.69 Å². The van der Waals surface area contributed by atoms with Gasteiger partial charge in [-0.05, 0) is 30.3 Å². The summed E-state index contributed by atoms with van der Waals surface area (Å²) in [5.74, 6) is 1.16. The Morgan fingerprint density at radius 3 is 2.54 bits per heavy atom. The largest absolute Gasteiger partial charge is 0.503 e. The van der Waals surface area contributed by atoms with Crippen LogP contribution in [0.4, 0.5) is 5.69 Å². The first-order valence-electron chi connectivity index (χ1n) is 7.50. The predicted molar refractivity (Wildman–Crippen MR) is 89.9 cm³/mol. The number of nitrogens with one attached hydrogen (secondary N) is 1. The number of hydrogen-bond donors (Lipinski definition) is 2. The zero-order valence-electron chi connectivity index (χ0n) is 12.9. The van der Waals surface area contributed by atoms with E-state index in [4.69, 9.17) is 4.74 Å². The number of amides is 1. The quantitative estimate of drug-likeness (QED) is 0.710. The Balaban J connectivity index is 1.72. The molecule has 5 heteroatoms. The Morgan fingerprint density at radius 2 is 1.75 bits per heavy atom. The van der Waals surface area contributed by atoms with Crippen LogP contribution in [0.25, 0.3) is 0 Å². The zero-order valence-corrected chi connectivity index (χ0v) is 12.9. The summed E-state index contributed by atoms with van der Waals surface area (Å²) < 4.78 is 7.42. The van der Waals surface area contributed by atoms with Gasteiger partial charge in [0.2, 0.25) is 12.7 Å². The number of hydrogen-bond acceptors (Lipinski definition) is 3. The number of aromatic nitrogens is 1. The van der Waals surface area contributed by atoms with Crippen LogP contribution in [-0.4, -0.2) is 11.0 Å². The van der Waals surface area contributed by atoms with Crippen molar-refractivity contribution in [3.05, 3.63) is 79.1 Å². The predicted octanol–water partition coefficient (Wildman–Crippen LogP) is 3.11. The third kappa shape index (κ3) is 4.10. The van der Waals surface area contributed by atoms with Crippen molar-refractivity contribution in [3.8, 4) is 17.2 Å². The van der Waals surface area contributed by atoms with E-state index in [2.05, 4.69) is 5.32 Å². The number of benzene rings is 2. The first-order chi connectivity index (χ1) is 11.7. The number of carbonyl (C=O) groups is 1. The summed E-state index contributed by atoms with van der Waals surface area (Å²) >= 11 is 0. The second kappa shape index (κ2) is 7.28. The lowest BCUT2D eigenvalue weighted by Crippen LogP contribution is -2.39. The van der Waals surface area contributed by atoms with Crippen molar-refractivity contribution in [3.63, 3.8) is 0 Å². The molecule has 0 bridgehead atoms. The van der Waals surface area contributed by atoms with Gasteiger partial charge in [0.15, 0.2) is 17.7 Å². The Kier molecular flexibility index (Phi) is 4.72. The van der Waals surface area contributed by atoms with Crippen LogP contribution in [-0.2, 0) is 11.3 Å². The van der Waals surface area contributed by atoms with Gasteiger partial charge in [0.25, 0.3) is 5.91 Å². The van der Waals surface area contributed by atoms with Crippen molar-refractivity contribution in [2.24, 2.45) is 0 Å². The van der Waals surface area contributed by atoms with E-state index in [1.807, 2.05) is 42.5 Å². The molecule has 2 N–H and O–H groups in total. The molecule has 0 atom stereocenters. The summed E-state index contributed by atoms with van der Waals surface area (Å²) in [6, 6.07) is 19.9. The molecule has 1 aromatic heterocycles. The van der Waals surface area contributed by atoms with Crippen LogP contribution < -0.4 is 14.6 Å². The Bertz CT molecular complexity index is 835. The van der Waals surface area contributed by atoms with Gasteiger partial charge in [0, 0.05) is 6.07 Å². The molecule has 120 valence electrons. The third-order valence-electron chi connectivity index (χ3n) is 3.30. The number of ether oxygens (including phenoxy) is 1. The topological polar surface area (TPSA) is 62.4 Å². The van der Waals surface area contributed by atoms with Crippen molar-refractivity contribution in [1.82, 2.24) is 0 Å². The van der Waals surface area contributed by atoms with Gasteiger partial charge in [0.1, 0.15) is 5.75 Å². The number of nitrogens with zero attached hydrogens (tertiary/aromatic N) is 1. The number of pyridine rings is 1. The van der Waals surface area contributed by atoms with Crippen LogP contribution in [0, 0.1) is 0 Å². The van der Waals surface area contributed by atoms with Crippen LogP contribution in [0.1, 0.15) is 0 Å². The van der Waals surface area contributed by atoms with Crippen molar-refractivity contribution < 1.29 is 19.2 Å². The summed E-state index contributed by atoms with van der Waals surface area (Å²) in [4.78, 5) is 12.2. The highest BCUT2D eigenvalue weighted by Gasteiger charge is 2.13. The fraction of sp³-hybridized carbons (Fsp3) is 0.0526. The zero-order chi connectivity index (χ0) is 16.8. The molecular weight excluding hydrogens is 304 g/mol. The first kappa shape index (κ1) is 15.6. The van der Waals surface area contributed by atoms with Gasteiger partial charge in [-0.3, -0.25) is 4.79 Å². The van der Waals surface area contributed by atoms with Gasteiger partial charge >= 0.3 is 0 Å². The second-order valence-electron chi connectivity index (χ2n) is 5.19. The van der Waals surface area contributed by atoms with E-state index < -0.39 is 0 Å². The SMILES string of the molecule is O=C(C[n+]1cccc(O)c1)Nc1ccccc1Oc1ccccc1. The molecule has 0 aliphatic rings. The maximum atomic E-state index is 12.2. The maximum Gasteiger partial charge on any atom is 0.290 e. The molecule has 2 aromatic carbocycles. The number of carbonyl (C=O) groups excluding carboxylic acids is 1. The highest BCUT2D eigenvalue weighted by atomic mass is 16.5. The minimum absolute atomic E-state index is 0.0913. The molecule has 0 fully saturated rings. The second-order valence-corrected chi connectivity index (χ2v) is 5.19. The number of aromatic hydroxyl groups is 1. The standard InChI is InChI=1S/C19H16N2O3/c22-15-7-6-12-21(13-15)14-19(23)20-17-10-4-5-11-18(17)24-16-8-2-1-3-9-16/h1-13H,14H2,(H-,20,22,23)/p+1. The highest BCUT2D eigenvalue weighted by Crippen LogP contribution is 2.28. The molecule has 0 spiro atoms. The van der Waals surface area contributed by atoms with Crippen LogP contribution in [0.3, 0.4) is 0 Å². The molecule has 0 unspecified atom stereocenters. The van der Waals surface area contributed by atoms with E-state index >= 15 is 0 Å². The van der Waals surface area contributed by atoms with Crippen molar-refractivity contribution >= 4 is 11.6 Å². The lowest BCUT2D eigenvalue weighted by molar-refractivity contribution is -0.684. The summed E-state index contributed by atoms with van der Waals surface area (Å²) in [6.45, 7) is 0.0913. The van der Waals surface area contributed by atoms with Crippen LogP contribution >= 0.6 is 0 Å². The fourth-order valence-electron chi connectivity index (χ4n) is 2.24. The van der Waals surface area contributed by atoms with Crippen LogP contribution in [0.5, 0.6) is 17.2 Å². The molecule has 0 radical (unpaired) electrons. The Morgan fingerprint density at radius 1 is 1.00 bits per heavy atom. The molecule has 24 heavy (non-hydrogen) atoms. The average molecular weight is 321 g/mol. The van der Waals surface area contributed by atoms with Gasteiger partial charge in [-0.15, -0.1) is 0 Å². The Labute approximate surface area is 139 Å². The lowest BCUT2D eigenvalue weighted by Gasteiger charge is -2.11. The summed E-state index contributed by atoms with van der Waals surface area (Å²) in [7, 11) is 0. The molecule has 1 heterocycles. The monoisotopic (exact) mass is 321 g/mol. The highest BCUT2D eigenvalue weighted by molar-refractivity contribution is 5.91. The van der Waals surface area contributed by atoms with E-state index in [1.54, 1.807) is 35.0 Å². The molecule has 3 rings (SSSR count). The minimum Gasteiger partial charge on any atom is -0.503 e. The molecule has 0 aliphatic heterocycles. The van der Waals surface area contributed by atoms with Crippen molar-refractivity contribution in [1.29, 1.82) is 0 Å². The maximum absolute atomic E-state index is 12.2. The smallest absolute Gasteiger partial charge is 0.290 e. The molecule has 1 amide bonds. The Hall–Kier alpha value is -3.34. The van der Waals surface area contributed by atoms with E-state index in [-0.39, 0.29) is 18.2 Å². The van der Waals surface area contributed by atoms with E-state index in [9.17, 15) is 9.90 Å². The number of para-hydroxylation sites is 3. The summed E-state index contributed by atoms with van der Waals surface area (Å²) in [5, 5.41) is 12.3. The van der Waals surface area contributed by atoms with Gasteiger partial charge in [-0.2, -0.15) is 4.57 Å². The summed E-state index contributed by atoms with van der Waals surface area (Å²) in [5.41, 5.74) is 0.590. The fourth-order valence-corrected chi connectivity index (χ4v) is 2.24. The van der Waals surface area contributed by atoms with E-state index in [0.29, 0.717) is 17.2 Å². The molecular formula is C19H17N2O3+. The third-order valence-corrected chi connectivity index (χ3v) is 3.30. The lowest BCUT2D eigenvalue weighted by atomic mass is 10.3. The first-order valence-corrected chi connectivity index (χ1v) is 7.50. The van der Waals surface area contributed by atoms with E-state index in [1.165, 1.54) is 6.20 Å². The van der Waals surface area contributed by atoms with Crippen LogP contribution in [0.2, 0.25) is 0 Å². The molecule has 3 aromatic rings. The van der Waals surface area contributed by atoms with Crippen molar-refractivity contribution in [2.75, 3.05) is 5.32 Å². The van der Waals surface area contributed by atoms with Gasteiger partial charge in [-0.1, -0.05) is 30.3 Å². The number of rotatable bonds is 5. The average Bonchev–Trinajstić information content (AvgIpc) is 2.57. The normalized spacial score (nSPS) is 10.2. The van der Waals surface area contributed by atoms with Gasteiger partial charge in [-0.25, -0.2) is 0 Å². The van der Waals surface area contributed by atoms with Crippen molar-refractivity contribution in [2.45, 2.75) is 6.54 Å². The summed E-state index contributed by atoms with van der Waals surface area (Å²) in [6.07, 6.45) is 3.21. The van der Waals surface area contributed by atoms with E-state index in [0.717, 1.165) is 0 Å². The molecule has 0 saturated heterocycles. The molecule has 0 aliphatic carbocycles. The molecule has 0 saturated carbocycles. The molecule has 5 nitrogen and oxygen atoms in total. The van der Waals surface area contributed by atoms with Crippen LogP contribution in [0.15, 0.2) is 79.1 Å². The minimum atomic E-state index is -0.213. The number of anilines is 1.